The van der Waals surface area contributed by atoms with E-state index in [1.807, 2.05) is 12.1 Å². The molecule has 0 atom stereocenters. The Hall–Kier alpha value is -2.23. The van der Waals surface area contributed by atoms with Crippen LogP contribution in [0.2, 0.25) is 0 Å². The Morgan fingerprint density at radius 1 is 1.07 bits per heavy atom. The molecule has 1 heterocycles. The maximum absolute atomic E-state index is 10.4. The Balaban J connectivity index is 2.51. The lowest BCUT2D eigenvalue weighted by Crippen LogP contribution is -1.78. The number of nitroso groups, excluding NO2 is 1. The van der Waals surface area contributed by atoms with Crippen molar-refractivity contribution in [2.24, 2.45) is 5.18 Å². The summed E-state index contributed by atoms with van der Waals surface area (Å²) in [6.07, 6.45) is 3.33. The monoisotopic (exact) mass is 200 g/mol. The first-order valence-corrected chi connectivity index (χ1v) is 4.38. The van der Waals surface area contributed by atoms with Crippen LogP contribution in [0.4, 0.5) is 5.69 Å². The van der Waals surface area contributed by atoms with Crippen LogP contribution < -0.4 is 0 Å². The summed E-state index contributed by atoms with van der Waals surface area (Å²) >= 11 is 0. The molecule has 74 valence electrons. The topological polar surface area (TPSA) is 62.5 Å². The van der Waals surface area contributed by atoms with E-state index in [1.165, 1.54) is 12.1 Å². The lowest BCUT2D eigenvalue weighted by molar-refractivity contribution is 0.477. The van der Waals surface area contributed by atoms with E-state index in [1.54, 1.807) is 18.5 Å². The largest absolute Gasteiger partial charge is 0.506 e. The summed E-state index contributed by atoms with van der Waals surface area (Å²) in [6, 6.07) is 8.35. The molecule has 0 saturated carbocycles. The van der Waals surface area contributed by atoms with Crippen LogP contribution in [-0.2, 0) is 0 Å². The van der Waals surface area contributed by atoms with E-state index in [0.29, 0.717) is 0 Å². The van der Waals surface area contributed by atoms with Crippen LogP contribution in [0.5, 0.6) is 5.75 Å². The van der Waals surface area contributed by atoms with E-state index in [0.717, 1.165) is 11.1 Å². The third-order valence-electron chi connectivity index (χ3n) is 2.09. The average Bonchev–Trinajstić information content (AvgIpc) is 2.31. The smallest absolute Gasteiger partial charge is 0.150 e. The van der Waals surface area contributed by atoms with Gasteiger partial charge in [0.25, 0.3) is 0 Å². The van der Waals surface area contributed by atoms with Gasteiger partial charge in [-0.1, -0.05) is 6.07 Å². The van der Waals surface area contributed by atoms with Crippen LogP contribution in [-0.4, -0.2) is 10.1 Å². The minimum Gasteiger partial charge on any atom is -0.506 e. The van der Waals surface area contributed by atoms with Crippen molar-refractivity contribution < 1.29 is 5.11 Å². The van der Waals surface area contributed by atoms with Gasteiger partial charge in [-0.15, -0.1) is 4.91 Å². The number of phenols is 1. The molecule has 2 aromatic rings. The highest BCUT2D eigenvalue weighted by Crippen LogP contribution is 2.31. The van der Waals surface area contributed by atoms with Crippen molar-refractivity contribution in [1.29, 1.82) is 0 Å². The highest BCUT2D eigenvalue weighted by molar-refractivity contribution is 5.69. The van der Waals surface area contributed by atoms with Gasteiger partial charge in [0.05, 0.1) is 0 Å². The van der Waals surface area contributed by atoms with E-state index < -0.39 is 0 Å². The number of hydrogen-bond acceptors (Lipinski definition) is 4. The summed E-state index contributed by atoms with van der Waals surface area (Å²) in [5, 5.41) is 12.0. The van der Waals surface area contributed by atoms with Gasteiger partial charge < -0.3 is 5.11 Å². The van der Waals surface area contributed by atoms with Crippen molar-refractivity contribution in [1.82, 2.24) is 4.98 Å². The van der Waals surface area contributed by atoms with Gasteiger partial charge >= 0.3 is 0 Å². The molecule has 1 N–H and O–H groups in total. The zero-order valence-corrected chi connectivity index (χ0v) is 7.79. The number of rotatable bonds is 2. The van der Waals surface area contributed by atoms with Crippen LogP contribution >= 0.6 is 0 Å². The molecule has 0 aliphatic rings. The molecule has 1 aromatic carbocycles. The predicted molar refractivity (Wildman–Crippen MR) is 56.8 cm³/mol. The van der Waals surface area contributed by atoms with Crippen LogP contribution in [0, 0.1) is 4.91 Å². The Kier molecular flexibility index (Phi) is 2.41. The first-order chi connectivity index (χ1) is 7.31. The van der Waals surface area contributed by atoms with Crippen molar-refractivity contribution in [3.63, 3.8) is 0 Å². The molecule has 4 nitrogen and oxygen atoms in total. The molecule has 0 bridgehead atoms. The number of nitrogens with zero attached hydrogens (tertiary/aromatic N) is 2. The maximum atomic E-state index is 10.4. The summed E-state index contributed by atoms with van der Waals surface area (Å²) < 4.78 is 0. The van der Waals surface area contributed by atoms with E-state index in [4.69, 9.17) is 0 Å². The third-order valence-corrected chi connectivity index (χ3v) is 2.09. The van der Waals surface area contributed by atoms with Crippen LogP contribution in [0.25, 0.3) is 11.1 Å². The van der Waals surface area contributed by atoms with E-state index in [-0.39, 0.29) is 11.4 Å². The van der Waals surface area contributed by atoms with Crippen molar-refractivity contribution in [2.75, 3.05) is 0 Å². The number of pyridine rings is 1. The molecule has 1 aromatic heterocycles. The number of aromatic nitrogens is 1. The molecule has 15 heavy (non-hydrogen) atoms. The lowest BCUT2D eigenvalue weighted by Gasteiger charge is -2.02. The molecule has 4 heteroatoms. The summed E-state index contributed by atoms with van der Waals surface area (Å²) in [6.45, 7) is 0. The Morgan fingerprint density at radius 3 is 2.47 bits per heavy atom. The Morgan fingerprint density at radius 2 is 1.80 bits per heavy atom. The molecule has 0 amide bonds. The highest BCUT2D eigenvalue weighted by atomic mass is 16.3. The van der Waals surface area contributed by atoms with Crippen LogP contribution in [0.15, 0.2) is 47.9 Å². The van der Waals surface area contributed by atoms with Crippen LogP contribution in [0.3, 0.4) is 0 Å². The second kappa shape index (κ2) is 3.88. The Labute approximate surface area is 86.2 Å². The van der Waals surface area contributed by atoms with E-state index in [2.05, 4.69) is 10.2 Å². The second-order valence-electron chi connectivity index (χ2n) is 3.03. The highest BCUT2D eigenvalue weighted by Gasteiger charge is 2.04. The van der Waals surface area contributed by atoms with Gasteiger partial charge in [0.15, 0.2) is 0 Å². The average molecular weight is 200 g/mol. The second-order valence-corrected chi connectivity index (χ2v) is 3.03. The first kappa shape index (κ1) is 9.33. The number of aromatic hydroxyl groups is 1. The van der Waals surface area contributed by atoms with Gasteiger partial charge in [-0.05, 0) is 40.6 Å². The summed E-state index contributed by atoms with van der Waals surface area (Å²) in [4.78, 5) is 14.3. The van der Waals surface area contributed by atoms with Gasteiger partial charge in [0.1, 0.15) is 11.4 Å². The van der Waals surface area contributed by atoms with E-state index >= 15 is 0 Å². The fourth-order valence-corrected chi connectivity index (χ4v) is 1.32. The molecule has 0 saturated heterocycles. The van der Waals surface area contributed by atoms with E-state index in [9.17, 15) is 10.0 Å². The minimum absolute atomic E-state index is 0.0457. The fraction of sp³-hybridized carbons (Fsp3) is 0. The van der Waals surface area contributed by atoms with Crippen molar-refractivity contribution >= 4 is 5.69 Å². The number of benzene rings is 1. The molecule has 0 unspecified atom stereocenters. The fourth-order valence-electron chi connectivity index (χ4n) is 1.32. The van der Waals surface area contributed by atoms with Gasteiger partial charge in [-0.2, -0.15) is 0 Å². The Bertz CT molecular complexity index is 483. The summed E-state index contributed by atoms with van der Waals surface area (Å²) in [7, 11) is 0. The lowest BCUT2D eigenvalue weighted by atomic mass is 10.1. The molecule has 0 fully saturated rings. The van der Waals surface area contributed by atoms with Gasteiger partial charge in [-0.3, -0.25) is 4.98 Å². The number of hydrogen-bond donors (Lipinski definition) is 1. The normalized spacial score (nSPS) is 9.87. The van der Waals surface area contributed by atoms with Gasteiger partial charge in [-0.25, -0.2) is 0 Å². The molecule has 0 aliphatic carbocycles. The van der Waals surface area contributed by atoms with Gasteiger partial charge in [0, 0.05) is 12.4 Å². The zero-order chi connectivity index (χ0) is 10.7. The predicted octanol–water partition coefficient (Wildman–Crippen LogP) is 2.85. The SMILES string of the molecule is O=Nc1cc(-c2ccncc2)ccc1O. The van der Waals surface area contributed by atoms with Crippen molar-refractivity contribution in [3.05, 3.63) is 47.6 Å². The molecule has 0 aliphatic heterocycles. The van der Waals surface area contributed by atoms with Crippen molar-refractivity contribution in [3.8, 4) is 16.9 Å². The molecule has 2 rings (SSSR count). The summed E-state index contributed by atoms with van der Waals surface area (Å²) in [5.41, 5.74) is 1.80. The maximum Gasteiger partial charge on any atom is 0.150 e. The zero-order valence-electron chi connectivity index (χ0n) is 7.79. The minimum atomic E-state index is -0.109. The third kappa shape index (κ3) is 1.83. The standard InChI is InChI=1S/C11H8N2O2/c14-11-2-1-9(7-10(11)13-15)8-3-5-12-6-4-8/h1-7,14H. The molecular formula is C11H8N2O2. The molecule has 0 radical (unpaired) electrons. The first-order valence-electron chi connectivity index (χ1n) is 4.38. The molecular weight excluding hydrogens is 192 g/mol. The molecule has 0 spiro atoms. The quantitative estimate of drug-likeness (QED) is 0.758. The van der Waals surface area contributed by atoms with Crippen LogP contribution in [0.1, 0.15) is 0 Å². The van der Waals surface area contributed by atoms with Gasteiger partial charge in [0.2, 0.25) is 0 Å². The van der Waals surface area contributed by atoms with Crippen molar-refractivity contribution in [2.45, 2.75) is 0 Å². The number of phenolic OH excluding ortho intramolecular Hbond substituents is 1. The summed E-state index contributed by atoms with van der Waals surface area (Å²) in [5.74, 6) is -0.109.